The van der Waals surface area contributed by atoms with Crippen molar-refractivity contribution >= 4 is 5.91 Å². The van der Waals surface area contributed by atoms with Gasteiger partial charge in [-0.05, 0) is 27.2 Å². The topological polar surface area (TPSA) is 94.0 Å². The quantitative estimate of drug-likeness (QED) is 0.762. The molecule has 16 heavy (non-hydrogen) atoms. The predicted octanol–water partition coefficient (Wildman–Crippen LogP) is 0.489. The van der Waals surface area contributed by atoms with Crippen LogP contribution in [0.1, 0.15) is 43.7 Å². The molecule has 1 aromatic heterocycles. The number of amides is 1. The Labute approximate surface area is 94.6 Å². The van der Waals surface area contributed by atoms with Gasteiger partial charge < -0.3 is 15.6 Å². The van der Waals surface area contributed by atoms with Crippen LogP contribution >= 0.6 is 0 Å². The summed E-state index contributed by atoms with van der Waals surface area (Å²) in [4.78, 5) is 15.3. The molecule has 1 rings (SSSR count). The standard InChI is InChI=1S/C10H18N4O2/c1-4-12-9(15)8-13-7(16-14-8)5-6-10(2,3)11/h4-6,11H2,1-3H3,(H,12,15). The van der Waals surface area contributed by atoms with Crippen LogP contribution in [-0.2, 0) is 6.42 Å². The van der Waals surface area contributed by atoms with E-state index in [1.807, 2.05) is 20.8 Å². The first kappa shape index (κ1) is 12.6. The summed E-state index contributed by atoms with van der Waals surface area (Å²) in [5.74, 6) is 0.205. The summed E-state index contributed by atoms with van der Waals surface area (Å²) in [5, 5.41) is 6.20. The van der Waals surface area contributed by atoms with E-state index >= 15 is 0 Å². The van der Waals surface area contributed by atoms with E-state index in [0.29, 0.717) is 18.9 Å². The van der Waals surface area contributed by atoms with Crippen molar-refractivity contribution in [2.24, 2.45) is 5.73 Å². The Balaban J connectivity index is 2.55. The molecule has 0 bridgehead atoms. The Morgan fingerprint density at radius 1 is 1.56 bits per heavy atom. The Bertz CT molecular complexity index is 354. The third-order valence-corrected chi connectivity index (χ3v) is 1.99. The molecule has 0 aliphatic carbocycles. The Hall–Kier alpha value is -1.43. The Kier molecular flexibility index (Phi) is 4.00. The van der Waals surface area contributed by atoms with Gasteiger partial charge in [0, 0.05) is 18.5 Å². The van der Waals surface area contributed by atoms with Crippen molar-refractivity contribution in [1.29, 1.82) is 0 Å². The summed E-state index contributed by atoms with van der Waals surface area (Å²) in [6.07, 6.45) is 1.31. The van der Waals surface area contributed by atoms with Gasteiger partial charge in [0.25, 0.3) is 11.7 Å². The first-order valence-electron chi connectivity index (χ1n) is 5.32. The highest BCUT2D eigenvalue weighted by atomic mass is 16.5. The van der Waals surface area contributed by atoms with Crippen molar-refractivity contribution in [3.05, 3.63) is 11.7 Å². The van der Waals surface area contributed by atoms with E-state index < -0.39 is 0 Å². The third kappa shape index (κ3) is 3.98. The lowest BCUT2D eigenvalue weighted by atomic mass is 10.0. The highest BCUT2D eigenvalue weighted by molar-refractivity contribution is 5.90. The highest BCUT2D eigenvalue weighted by Crippen LogP contribution is 2.09. The molecular weight excluding hydrogens is 208 g/mol. The molecule has 0 aliphatic heterocycles. The summed E-state index contributed by atoms with van der Waals surface area (Å²) < 4.78 is 4.95. The summed E-state index contributed by atoms with van der Waals surface area (Å²) in [7, 11) is 0. The van der Waals surface area contributed by atoms with Gasteiger partial charge >= 0.3 is 0 Å². The molecule has 0 saturated carbocycles. The SMILES string of the molecule is CCNC(=O)c1noc(CCC(C)(C)N)n1. The largest absolute Gasteiger partial charge is 0.349 e. The summed E-state index contributed by atoms with van der Waals surface area (Å²) in [5.41, 5.74) is 5.55. The Morgan fingerprint density at radius 2 is 2.25 bits per heavy atom. The number of carbonyl (C=O) groups excluding carboxylic acids is 1. The van der Waals surface area contributed by atoms with E-state index in [9.17, 15) is 4.79 Å². The smallest absolute Gasteiger partial charge is 0.292 e. The maximum absolute atomic E-state index is 11.3. The van der Waals surface area contributed by atoms with Crippen molar-refractivity contribution in [3.63, 3.8) is 0 Å². The average molecular weight is 226 g/mol. The first-order chi connectivity index (χ1) is 7.42. The fourth-order valence-electron chi connectivity index (χ4n) is 1.12. The average Bonchev–Trinajstić information content (AvgIpc) is 2.62. The normalized spacial score (nSPS) is 11.5. The number of rotatable bonds is 5. The first-order valence-corrected chi connectivity index (χ1v) is 5.32. The molecule has 6 nitrogen and oxygen atoms in total. The molecule has 0 fully saturated rings. The number of hydrogen-bond donors (Lipinski definition) is 2. The lowest BCUT2D eigenvalue weighted by Crippen LogP contribution is -2.32. The number of aryl methyl sites for hydroxylation is 1. The Morgan fingerprint density at radius 3 is 2.81 bits per heavy atom. The lowest BCUT2D eigenvalue weighted by molar-refractivity contribution is 0.0942. The molecule has 0 atom stereocenters. The zero-order valence-corrected chi connectivity index (χ0v) is 9.91. The number of hydrogen-bond acceptors (Lipinski definition) is 5. The highest BCUT2D eigenvalue weighted by Gasteiger charge is 2.16. The van der Waals surface area contributed by atoms with Gasteiger partial charge in [-0.15, -0.1) is 0 Å². The predicted molar refractivity (Wildman–Crippen MR) is 58.9 cm³/mol. The molecule has 90 valence electrons. The van der Waals surface area contributed by atoms with Crippen LogP contribution in [0.2, 0.25) is 0 Å². The van der Waals surface area contributed by atoms with E-state index in [4.69, 9.17) is 10.3 Å². The maximum atomic E-state index is 11.3. The van der Waals surface area contributed by atoms with Crippen LogP contribution in [0.15, 0.2) is 4.52 Å². The van der Waals surface area contributed by atoms with Crippen LogP contribution in [0.25, 0.3) is 0 Å². The minimum atomic E-state index is -0.315. The van der Waals surface area contributed by atoms with Gasteiger partial charge in [-0.1, -0.05) is 5.16 Å². The van der Waals surface area contributed by atoms with Crippen molar-refractivity contribution in [2.75, 3.05) is 6.54 Å². The number of nitrogens with one attached hydrogen (secondary N) is 1. The minimum absolute atomic E-state index is 0.0756. The van der Waals surface area contributed by atoms with E-state index in [1.54, 1.807) is 0 Å². The molecular formula is C10H18N4O2. The second kappa shape index (κ2) is 5.07. The molecule has 0 aliphatic rings. The molecule has 0 radical (unpaired) electrons. The second-order valence-electron chi connectivity index (χ2n) is 4.36. The molecule has 0 aromatic carbocycles. The van der Waals surface area contributed by atoms with E-state index in [0.717, 1.165) is 6.42 Å². The third-order valence-electron chi connectivity index (χ3n) is 1.99. The van der Waals surface area contributed by atoms with Gasteiger partial charge in [0.05, 0.1) is 0 Å². The van der Waals surface area contributed by atoms with Crippen LogP contribution in [0.5, 0.6) is 0 Å². The second-order valence-corrected chi connectivity index (χ2v) is 4.36. The molecule has 3 N–H and O–H groups in total. The van der Waals surface area contributed by atoms with Gasteiger partial charge in [-0.2, -0.15) is 4.98 Å². The summed E-state index contributed by atoms with van der Waals surface area (Å²) in [6.45, 7) is 6.22. The van der Waals surface area contributed by atoms with Crippen LogP contribution in [0.4, 0.5) is 0 Å². The zero-order chi connectivity index (χ0) is 12.2. The minimum Gasteiger partial charge on any atom is -0.349 e. The van der Waals surface area contributed by atoms with Crippen molar-refractivity contribution in [1.82, 2.24) is 15.5 Å². The molecule has 1 heterocycles. The van der Waals surface area contributed by atoms with E-state index in [-0.39, 0.29) is 17.3 Å². The maximum Gasteiger partial charge on any atom is 0.292 e. The molecule has 0 saturated heterocycles. The van der Waals surface area contributed by atoms with Crippen LogP contribution < -0.4 is 11.1 Å². The van der Waals surface area contributed by atoms with Gasteiger partial charge in [0.1, 0.15) is 0 Å². The van der Waals surface area contributed by atoms with Gasteiger partial charge in [0.2, 0.25) is 5.89 Å². The lowest BCUT2D eigenvalue weighted by Gasteiger charge is -2.16. The van der Waals surface area contributed by atoms with E-state index in [2.05, 4.69) is 15.5 Å². The number of aromatic nitrogens is 2. The van der Waals surface area contributed by atoms with Crippen molar-refractivity contribution in [2.45, 2.75) is 39.2 Å². The van der Waals surface area contributed by atoms with Gasteiger partial charge in [0.15, 0.2) is 0 Å². The molecule has 1 amide bonds. The van der Waals surface area contributed by atoms with Crippen molar-refractivity contribution in [3.8, 4) is 0 Å². The van der Waals surface area contributed by atoms with E-state index in [1.165, 1.54) is 0 Å². The molecule has 0 unspecified atom stereocenters. The monoisotopic (exact) mass is 226 g/mol. The van der Waals surface area contributed by atoms with Crippen molar-refractivity contribution < 1.29 is 9.32 Å². The number of nitrogens with two attached hydrogens (primary N) is 1. The number of nitrogens with zero attached hydrogens (tertiary/aromatic N) is 2. The number of carbonyl (C=O) groups is 1. The van der Waals surface area contributed by atoms with Gasteiger partial charge in [-0.25, -0.2) is 0 Å². The molecule has 6 heteroatoms. The zero-order valence-electron chi connectivity index (χ0n) is 9.91. The summed E-state index contributed by atoms with van der Waals surface area (Å²) in [6, 6.07) is 0. The van der Waals surface area contributed by atoms with Gasteiger partial charge in [-0.3, -0.25) is 4.79 Å². The van der Waals surface area contributed by atoms with Crippen LogP contribution in [0.3, 0.4) is 0 Å². The van der Waals surface area contributed by atoms with Crippen LogP contribution in [0, 0.1) is 0 Å². The molecule has 0 spiro atoms. The fourth-order valence-corrected chi connectivity index (χ4v) is 1.12. The van der Waals surface area contributed by atoms with Crippen LogP contribution in [-0.4, -0.2) is 28.1 Å². The molecule has 1 aromatic rings. The summed E-state index contributed by atoms with van der Waals surface area (Å²) >= 11 is 0. The fraction of sp³-hybridized carbons (Fsp3) is 0.700.